The first-order valence-corrected chi connectivity index (χ1v) is 7.54. The minimum Gasteiger partial charge on any atom is -0.377 e. The van der Waals surface area contributed by atoms with Crippen molar-refractivity contribution in [3.8, 4) is 0 Å². The second kappa shape index (κ2) is 6.19. The standard InChI is InChI=1S/C15H29NO/c1-11(2)13-6-8-14(9-7-13)16-12(3)15-5-4-10-17-15/h11-16H,4-10H2,1-3H3. The first kappa shape index (κ1) is 13.4. The van der Waals surface area contributed by atoms with Gasteiger partial charge in [0.05, 0.1) is 6.10 Å². The normalized spacial score (nSPS) is 36.4. The highest BCUT2D eigenvalue weighted by Gasteiger charge is 2.27. The molecule has 0 bridgehead atoms. The SMILES string of the molecule is CC(C)C1CCC(NC(C)C2CCCO2)CC1. The van der Waals surface area contributed by atoms with Crippen LogP contribution in [0.4, 0.5) is 0 Å². The Kier molecular flexibility index (Phi) is 4.87. The maximum absolute atomic E-state index is 5.75. The number of nitrogens with one attached hydrogen (secondary N) is 1. The summed E-state index contributed by atoms with van der Waals surface area (Å²) in [6.45, 7) is 8.00. The molecule has 2 atom stereocenters. The molecule has 100 valence electrons. The Balaban J connectivity index is 1.70. The van der Waals surface area contributed by atoms with Crippen LogP contribution in [0.2, 0.25) is 0 Å². The maximum atomic E-state index is 5.75. The molecule has 2 nitrogen and oxygen atoms in total. The van der Waals surface area contributed by atoms with E-state index < -0.39 is 0 Å². The lowest BCUT2D eigenvalue weighted by Gasteiger charge is -2.34. The zero-order valence-corrected chi connectivity index (χ0v) is 11.7. The van der Waals surface area contributed by atoms with Crippen LogP contribution in [-0.4, -0.2) is 24.8 Å². The summed E-state index contributed by atoms with van der Waals surface area (Å²) < 4.78 is 5.75. The largest absolute Gasteiger partial charge is 0.377 e. The summed E-state index contributed by atoms with van der Waals surface area (Å²) >= 11 is 0. The van der Waals surface area contributed by atoms with Crippen LogP contribution < -0.4 is 5.32 Å². The van der Waals surface area contributed by atoms with Gasteiger partial charge in [0.2, 0.25) is 0 Å². The predicted octanol–water partition coefficient (Wildman–Crippen LogP) is 3.36. The van der Waals surface area contributed by atoms with E-state index in [0.717, 1.165) is 24.5 Å². The third-order valence-electron chi connectivity index (χ3n) is 4.74. The van der Waals surface area contributed by atoms with Gasteiger partial charge in [0, 0.05) is 18.7 Å². The Morgan fingerprint density at radius 1 is 1.00 bits per heavy atom. The molecule has 1 N–H and O–H groups in total. The molecule has 0 aromatic carbocycles. The van der Waals surface area contributed by atoms with Crippen LogP contribution in [0.15, 0.2) is 0 Å². The van der Waals surface area contributed by atoms with Crippen molar-refractivity contribution >= 4 is 0 Å². The van der Waals surface area contributed by atoms with Crippen molar-refractivity contribution in [1.29, 1.82) is 0 Å². The molecule has 0 spiro atoms. The molecule has 17 heavy (non-hydrogen) atoms. The molecule has 2 unspecified atom stereocenters. The van der Waals surface area contributed by atoms with Crippen molar-refractivity contribution in [3.63, 3.8) is 0 Å². The summed E-state index contributed by atoms with van der Waals surface area (Å²) in [5.74, 6) is 1.83. The molecule has 2 heteroatoms. The third kappa shape index (κ3) is 3.69. The fourth-order valence-electron chi connectivity index (χ4n) is 3.43. The zero-order chi connectivity index (χ0) is 12.3. The molecule has 2 fully saturated rings. The van der Waals surface area contributed by atoms with Crippen LogP contribution in [-0.2, 0) is 4.74 Å². The van der Waals surface area contributed by atoms with E-state index in [1.54, 1.807) is 0 Å². The average Bonchev–Trinajstić information content (AvgIpc) is 2.83. The quantitative estimate of drug-likeness (QED) is 0.812. The molecule has 1 aliphatic heterocycles. The van der Waals surface area contributed by atoms with Crippen LogP contribution in [0.1, 0.15) is 59.3 Å². The Bertz CT molecular complexity index is 215. The summed E-state index contributed by atoms with van der Waals surface area (Å²) in [5, 5.41) is 3.80. The van der Waals surface area contributed by atoms with Crippen LogP contribution in [0, 0.1) is 11.8 Å². The van der Waals surface area contributed by atoms with E-state index in [2.05, 4.69) is 26.1 Å². The van der Waals surface area contributed by atoms with Gasteiger partial charge in [0.25, 0.3) is 0 Å². The molecule has 2 aliphatic rings. The van der Waals surface area contributed by atoms with Crippen molar-refractivity contribution in [3.05, 3.63) is 0 Å². The van der Waals surface area contributed by atoms with Crippen molar-refractivity contribution in [2.75, 3.05) is 6.61 Å². The van der Waals surface area contributed by atoms with Crippen molar-refractivity contribution in [2.24, 2.45) is 11.8 Å². The Morgan fingerprint density at radius 3 is 2.24 bits per heavy atom. The van der Waals surface area contributed by atoms with Crippen molar-refractivity contribution < 1.29 is 4.74 Å². The highest BCUT2D eigenvalue weighted by atomic mass is 16.5. The maximum Gasteiger partial charge on any atom is 0.0726 e. The first-order valence-electron chi connectivity index (χ1n) is 7.54. The van der Waals surface area contributed by atoms with E-state index in [-0.39, 0.29) is 0 Å². The van der Waals surface area contributed by atoms with Gasteiger partial charge in [0.1, 0.15) is 0 Å². The van der Waals surface area contributed by atoms with Gasteiger partial charge in [-0.2, -0.15) is 0 Å². The molecule has 1 heterocycles. The summed E-state index contributed by atoms with van der Waals surface area (Å²) in [4.78, 5) is 0. The van der Waals surface area contributed by atoms with Gasteiger partial charge in [-0.25, -0.2) is 0 Å². The molecular formula is C15H29NO. The third-order valence-corrected chi connectivity index (χ3v) is 4.74. The lowest BCUT2D eigenvalue weighted by molar-refractivity contribution is 0.0754. The number of rotatable bonds is 4. The van der Waals surface area contributed by atoms with Gasteiger partial charge in [0.15, 0.2) is 0 Å². The molecule has 1 saturated carbocycles. The smallest absolute Gasteiger partial charge is 0.0726 e. The highest BCUT2D eigenvalue weighted by molar-refractivity contribution is 4.84. The molecule has 0 radical (unpaired) electrons. The summed E-state index contributed by atoms with van der Waals surface area (Å²) in [6.07, 6.45) is 8.51. The number of hydrogen-bond acceptors (Lipinski definition) is 2. The van der Waals surface area contributed by atoms with Crippen LogP contribution in [0.5, 0.6) is 0 Å². The monoisotopic (exact) mass is 239 g/mol. The van der Waals surface area contributed by atoms with Crippen molar-refractivity contribution in [2.45, 2.75) is 77.5 Å². The van der Waals surface area contributed by atoms with Gasteiger partial charge in [-0.1, -0.05) is 13.8 Å². The Morgan fingerprint density at radius 2 is 1.71 bits per heavy atom. The highest BCUT2D eigenvalue weighted by Crippen LogP contribution is 2.30. The van der Waals surface area contributed by atoms with Crippen LogP contribution in [0.25, 0.3) is 0 Å². The van der Waals surface area contributed by atoms with E-state index in [0.29, 0.717) is 12.1 Å². The van der Waals surface area contributed by atoms with Gasteiger partial charge in [-0.15, -0.1) is 0 Å². The topological polar surface area (TPSA) is 21.3 Å². The fraction of sp³-hybridized carbons (Fsp3) is 1.00. The van der Waals surface area contributed by atoms with E-state index in [9.17, 15) is 0 Å². The molecule has 1 aliphatic carbocycles. The Hall–Kier alpha value is -0.0800. The van der Waals surface area contributed by atoms with Crippen LogP contribution >= 0.6 is 0 Å². The molecular weight excluding hydrogens is 210 g/mol. The molecule has 0 aromatic rings. The predicted molar refractivity (Wildman–Crippen MR) is 72.2 cm³/mol. The number of hydrogen-bond donors (Lipinski definition) is 1. The molecule has 0 aromatic heterocycles. The second-order valence-electron chi connectivity index (χ2n) is 6.36. The molecule has 1 saturated heterocycles. The van der Waals surface area contributed by atoms with Crippen LogP contribution in [0.3, 0.4) is 0 Å². The van der Waals surface area contributed by atoms with Crippen molar-refractivity contribution in [1.82, 2.24) is 5.32 Å². The molecule has 2 rings (SSSR count). The lowest BCUT2D eigenvalue weighted by atomic mass is 9.79. The van der Waals surface area contributed by atoms with E-state index in [1.807, 2.05) is 0 Å². The van der Waals surface area contributed by atoms with E-state index in [4.69, 9.17) is 4.74 Å². The minimum absolute atomic E-state index is 0.470. The van der Waals surface area contributed by atoms with Gasteiger partial charge < -0.3 is 10.1 Å². The summed E-state index contributed by atoms with van der Waals surface area (Å²) in [6, 6.07) is 1.28. The summed E-state index contributed by atoms with van der Waals surface area (Å²) in [5.41, 5.74) is 0. The van der Waals surface area contributed by atoms with Gasteiger partial charge in [-0.3, -0.25) is 0 Å². The lowest BCUT2D eigenvalue weighted by Crippen LogP contribution is -2.45. The Labute approximate surface area is 107 Å². The summed E-state index contributed by atoms with van der Waals surface area (Å²) in [7, 11) is 0. The number of ether oxygens (including phenoxy) is 1. The minimum atomic E-state index is 0.470. The second-order valence-corrected chi connectivity index (χ2v) is 6.36. The zero-order valence-electron chi connectivity index (χ0n) is 11.7. The average molecular weight is 239 g/mol. The fourth-order valence-corrected chi connectivity index (χ4v) is 3.43. The van der Waals surface area contributed by atoms with Gasteiger partial charge >= 0.3 is 0 Å². The van der Waals surface area contributed by atoms with E-state index >= 15 is 0 Å². The van der Waals surface area contributed by atoms with Gasteiger partial charge in [-0.05, 0) is 57.3 Å². The van der Waals surface area contributed by atoms with E-state index in [1.165, 1.54) is 38.5 Å². The first-order chi connectivity index (χ1) is 8.16. The molecule has 0 amide bonds.